The minimum absolute atomic E-state index is 0.607. The van der Waals surface area contributed by atoms with E-state index in [0.717, 1.165) is 11.1 Å². The van der Waals surface area contributed by atoms with E-state index in [1.54, 1.807) is 6.08 Å². The monoisotopic (exact) mass is 246 g/mol. The van der Waals surface area contributed by atoms with Gasteiger partial charge in [0.15, 0.2) is 0 Å². The third-order valence-electron chi connectivity index (χ3n) is 3.08. The zero-order chi connectivity index (χ0) is 13.3. The molecule has 1 aliphatic carbocycles. The topological polar surface area (TPSA) is 52.6 Å². The van der Waals surface area contributed by atoms with Gasteiger partial charge in [-0.3, -0.25) is 9.59 Å². The quantitative estimate of drug-likeness (QED) is 0.602. The molecule has 0 saturated carbocycles. The fraction of sp³-hybridized carbons (Fsp3) is 0.286. The van der Waals surface area contributed by atoms with Crippen LogP contribution in [-0.2, 0) is 19.1 Å². The molecule has 94 valence electrons. The maximum atomic E-state index is 11.8. The minimum atomic E-state index is -1.35. The molecule has 2 rings (SSSR count). The van der Waals surface area contributed by atoms with Crippen LogP contribution in [0.2, 0.25) is 0 Å². The van der Waals surface area contributed by atoms with E-state index in [9.17, 15) is 9.59 Å². The summed E-state index contributed by atoms with van der Waals surface area (Å²) < 4.78 is 9.37. The normalized spacial score (nSPS) is 15.6. The molecule has 0 amide bonds. The van der Waals surface area contributed by atoms with Crippen molar-refractivity contribution in [2.45, 2.75) is 6.92 Å². The van der Waals surface area contributed by atoms with Crippen molar-refractivity contribution in [2.24, 2.45) is 5.41 Å². The molecule has 4 nitrogen and oxygen atoms in total. The highest BCUT2D eigenvalue weighted by Gasteiger charge is 2.60. The van der Waals surface area contributed by atoms with E-state index in [1.807, 2.05) is 31.2 Å². The Morgan fingerprint density at radius 2 is 1.50 bits per heavy atom. The Hall–Kier alpha value is -2.10. The lowest BCUT2D eigenvalue weighted by Crippen LogP contribution is -2.31. The summed E-state index contributed by atoms with van der Waals surface area (Å²) in [5, 5.41) is 0. The summed E-state index contributed by atoms with van der Waals surface area (Å²) >= 11 is 0. The van der Waals surface area contributed by atoms with E-state index in [0.29, 0.717) is 5.57 Å². The first-order chi connectivity index (χ1) is 8.56. The molecular formula is C14H14O4. The summed E-state index contributed by atoms with van der Waals surface area (Å²) in [6, 6.07) is 7.59. The van der Waals surface area contributed by atoms with Crippen LogP contribution in [0.4, 0.5) is 0 Å². The average molecular weight is 246 g/mol. The van der Waals surface area contributed by atoms with Crippen molar-refractivity contribution < 1.29 is 19.1 Å². The van der Waals surface area contributed by atoms with Crippen LogP contribution < -0.4 is 0 Å². The van der Waals surface area contributed by atoms with E-state index < -0.39 is 17.4 Å². The van der Waals surface area contributed by atoms with Crippen LogP contribution in [0.1, 0.15) is 11.1 Å². The number of ether oxygens (including phenoxy) is 2. The van der Waals surface area contributed by atoms with E-state index in [2.05, 4.69) is 9.47 Å². The summed E-state index contributed by atoms with van der Waals surface area (Å²) in [6.45, 7) is 1.97. The molecule has 1 aromatic rings. The largest absolute Gasteiger partial charge is 0.468 e. The average Bonchev–Trinajstić information content (AvgIpc) is 3.14. The SMILES string of the molecule is COC(=O)C1(C(=O)OC)C=C1c1ccc(C)cc1. The molecular weight excluding hydrogens is 232 g/mol. The third-order valence-corrected chi connectivity index (χ3v) is 3.08. The molecule has 0 unspecified atom stereocenters. The number of aryl methyl sites for hydroxylation is 1. The van der Waals surface area contributed by atoms with E-state index in [1.165, 1.54) is 14.2 Å². The van der Waals surface area contributed by atoms with Crippen molar-refractivity contribution in [3.8, 4) is 0 Å². The van der Waals surface area contributed by atoms with Crippen molar-refractivity contribution >= 4 is 17.5 Å². The van der Waals surface area contributed by atoms with Crippen molar-refractivity contribution in [3.63, 3.8) is 0 Å². The standard InChI is InChI=1S/C14H14O4/c1-9-4-6-10(7-5-9)11-8-14(11,12(15)17-2)13(16)18-3/h4-8H,1-3H3. The van der Waals surface area contributed by atoms with Crippen LogP contribution >= 0.6 is 0 Å². The second-order valence-corrected chi connectivity index (χ2v) is 4.22. The van der Waals surface area contributed by atoms with Gasteiger partial charge in [-0.2, -0.15) is 0 Å². The Labute approximate surface area is 105 Å². The van der Waals surface area contributed by atoms with Gasteiger partial charge in [-0.15, -0.1) is 0 Å². The molecule has 0 aliphatic heterocycles. The molecule has 0 bridgehead atoms. The first-order valence-corrected chi connectivity index (χ1v) is 5.53. The third kappa shape index (κ3) is 1.70. The van der Waals surface area contributed by atoms with Crippen molar-refractivity contribution in [3.05, 3.63) is 41.5 Å². The van der Waals surface area contributed by atoms with Gasteiger partial charge in [0.25, 0.3) is 0 Å². The van der Waals surface area contributed by atoms with Crippen LogP contribution in [0, 0.1) is 12.3 Å². The summed E-state index contributed by atoms with van der Waals surface area (Å²) in [5.74, 6) is -1.21. The fourth-order valence-electron chi connectivity index (χ4n) is 1.97. The number of hydrogen-bond donors (Lipinski definition) is 0. The molecule has 0 fully saturated rings. The second kappa shape index (κ2) is 4.29. The van der Waals surface area contributed by atoms with Gasteiger partial charge in [-0.1, -0.05) is 29.8 Å². The van der Waals surface area contributed by atoms with Gasteiger partial charge in [-0.05, 0) is 24.1 Å². The maximum Gasteiger partial charge on any atom is 0.331 e. The molecule has 18 heavy (non-hydrogen) atoms. The summed E-state index contributed by atoms with van der Waals surface area (Å²) in [7, 11) is 2.51. The molecule has 0 radical (unpaired) electrons. The number of esters is 2. The highest BCUT2D eigenvalue weighted by atomic mass is 16.5. The number of carbonyl (C=O) groups is 2. The number of carbonyl (C=O) groups excluding carboxylic acids is 2. The van der Waals surface area contributed by atoms with Gasteiger partial charge < -0.3 is 9.47 Å². The summed E-state index contributed by atoms with van der Waals surface area (Å²) in [5.41, 5.74) is 1.23. The van der Waals surface area contributed by atoms with Crippen molar-refractivity contribution in [2.75, 3.05) is 14.2 Å². The molecule has 0 atom stereocenters. The Bertz CT molecular complexity index is 509. The summed E-state index contributed by atoms with van der Waals surface area (Å²) in [6.07, 6.45) is 1.58. The van der Waals surface area contributed by atoms with Gasteiger partial charge in [0.05, 0.1) is 14.2 Å². The van der Waals surface area contributed by atoms with Crippen LogP contribution in [0.25, 0.3) is 5.57 Å². The maximum absolute atomic E-state index is 11.8. The predicted molar refractivity (Wildman–Crippen MR) is 65.6 cm³/mol. The number of benzene rings is 1. The van der Waals surface area contributed by atoms with Crippen LogP contribution in [-0.4, -0.2) is 26.2 Å². The zero-order valence-electron chi connectivity index (χ0n) is 10.5. The van der Waals surface area contributed by atoms with Gasteiger partial charge in [0.2, 0.25) is 5.41 Å². The Morgan fingerprint density at radius 1 is 1.00 bits per heavy atom. The lowest BCUT2D eigenvalue weighted by atomic mass is 9.96. The number of rotatable bonds is 3. The van der Waals surface area contributed by atoms with E-state index >= 15 is 0 Å². The molecule has 0 saturated heterocycles. The fourth-order valence-corrected chi connectivity index (χ4v) is 1.97. The molecule has 1 aromatic carbocycles. The Morgan fingerprint density at radius 3 is 1.94 bits per heavy atom. The predicted octanol–water partition coefficient (Wildman–Crippen LogP) is 1.72. The molecule has 4 heteroatoms. The first kappa shape index (κ1) is 12.4. The van der Waals surface area contributed by atoms with Crippen LogP contribution in [0.5, 0.6) is 0 Å². The van der Waals surface area contributed by atoms with Gasteiger partial charge in [0, 0.05) is 0 Å². The summed E-state index contributed by atoms with van der Waals surface area (Å²) in [4.78, 5) is 23.5. The molecule has 0 N–H and O–H groups in total. The highest BCUT2D eigenvalue weighted by molar-refractivity contribution is 6.22. The van der Waals surface area contributed by atoms with Crippen LogP contribution in [0.15, 0.2) is 30.3 Å². The number of methoxy groups -OCH3 is 2. The van der Waals surface area contributed by atoms with Gasteiger partial charge in [-0.25, -0.2) is 0 Å². The van der Waals surface area contributed by atoms with E-state index in [4.69, 9.17) is 0 Å². The highest BCUT2D eigenvalue weighted by Crippen LogP contribution is 2.52. The Balaban J connectivity index is 2.32. The molecule has 1 aliphatic rings. The molecule has 0 heterocycles. The second-order valence-electron chi connectivity index (χ2n) is 4.22. The van der Waals surface area contributed by atoms with Crippen LogP contribution in [0.3, 0.4) is 0 Å². The number of hydrogen-bond acceptors (Lipinski definition) is 4. The molecule has 0 aromatic heterocycles. The zero-order valence-corrected chi connectivity index (χ0v) is 10.5. The smallest absolute Gasteiger partial charge is 0.331 e. The lowest BCUT2D eigenvalue weighted by molar-refractivity contribution is -0.158. The van der Waals surface area contributed by atoms with Gasteiger partial charge >= 0.3 is 11.9 Å². The lowest BCUT2D eigenvalue weighted by Gasteiger charge is -2.13. The van der Waals surface area contributed by atoms with Crippen molar-refractivity contribution in [1.82, 2.24) is 0 Å². The first-order valence-electron chi connectivity index (χ1n) is 5.53. The van der Waals surface area contributed by atoms with Crippen molar-refractivity contribution in [1.29, 1.82) is 0 Å². The Kier molecular flexibility index (Phi) is 2.95. The minimum Gasteiger partial charge on any atom is -0.468 e. The molecule has 0 spiro atoms. The van der Waals surface area contributed by atoms with E-state index in [-0.39, 0.29) is 0 Å². The van der Waals surface area contributed by atoms with Gasteiger partial charge in [0.1, 0.15) is 0 Å².